The zero-order valence-electron chi connectivity index (χ0n) is 8.70. The summed E-state index contributed by atoms with van der Waals surface area (Å²) < 4.78 is 4.45. The summed E-state index contributed by atoms with van der Waals surface area (Å²) in [6, 6.07) is 0. The fourth-order valence-electron chi connectivity index (χ4n) is 1.66. The molecule has 6 heteroatoms. The molecule has 0 fully saturated rings. The molecule has 0 bridgehead atoms. The molecule has 0 unspecified atom stereocenters. The van der Waals surface area contributed by atoms with E-state index < -0.39 is 0 Å². The smallest absolute Gasteiger partial charge is 0.198 e. The molecule has 2 rings (SSSR count). The van der Waals surface area contributed by atoms with Gasteiger partial charge in [0.2, 0.25) is 0 Å². The number of aryl methyl sites for hydroxylation is 2. The molecular weight excluding hydrogens is 198 g/mol. The molecule has 0 atom stereocenters. The molecule has 0 aliphatic rings. The largest absolute Gasteiger partial charge is 0.326 e. The molecule has 0 amide bonds. The van der Waals surface area contributed by atoms with Gasteiger partial charge in [0.25, 0.3) is 0 Å². The summed E-state index contributed by atoms with van der Waals surface area (Å²) in [6.45, 7) is 1.97. The number of aromatic nitrogens is 4. The third-order valence-electron chi connectivity index (χ3n) is 2.22. The lowest BCUT2D eigenvalue weighted by Gasteiger charge is -2.14. The predicted molar refractivity (Wildman–Crippen MR) is 58.7 cm³/mol. The van der Waals surface area contributed by atoms with Crippen molar-refractivity contribution in [3.63, 3.8) is 0 Å². The van der Waals surface area contributed by atoms with Gasteiger partial charge in [0, 0.05) is 21.1 Å². The SMILES string of the molecule is Cc1nn(C)c2c1[nH]c(=S)n2N(C)C. The van der Waals surface area contributed by atoms with Crippen LogP contribution in [0, 0.1) is 11.7 Å². The molecule has 76 valence electrons. The van der Waals surface area contributed by atoms with Gasteiger partial charge >= 0.3 is 0 Å². The van der Waals surface area contributed by atoms with Crippen molar-refractivity contribution >= 4 is 23.4 Å². The standard InChI is InChI=1S/C8H13N5S/c1-5-6-7(12(4)10-5)13(11(2)3)8(14)9-6/h1-4H3,(H,9,14). The van der Waals surface area contributed by atoms with Crippen molar-refractivity contribution < 1.29 is 0 Å². The van der Waals surface area contributed by atoms with Crippen LogP contribution in [-0.4, -0.2) is 33.5 Å². The van der Waals surface area contributed by atoms with E-state index in [0.29, 0.717) is 4.77 Å². The first-order chi connectivity index (χ1) is 6.52. The topological polar surface area (TPSA) is 41.8 Å². The lowest BCUT2D eigenvalue weighted by atomic mass is 10.4. The monoisotopic (exact) mass is 211 g/mol. The lowest BCUT2D eigenvalue weighted by molar-refractivity contribution is 0.685. The summed E-state index contributed by atoms with van der Waals surface area (Å²) in [5.41, 5.74) is 2.97. The van der Waals surface area contributed by atoms with Crippen molar-refractivity contribution in [1.82, 2.24) is 19.4 Å². The second-order valence-electron chi connectivity index (χ2n) is 3.50. The van der Waals surface area contributed by atoms with Gasteiger partial charge in [-0.2, -0.15) is 5.10 Å². The van der Waals surface area contributed by atoms with Gasteiger partial charge in [0.1, 0.15) is 5.52 Å². The fourth-order valence-corrected chi connectivity index (χ4v) is 2.01. The maximum atomic E-state index is 5.23. The van der Waals surface area contributed by atoms with Crippen LogP contribution < -0.4 is 5.01 Å². The molecule has 0 saturated heterocycles. The first-order valence-electron chi connectivity index (χ1n) is 4.34. The van der Waals surface area contributed by atoms with E-state index >= 15 is 0 Å². The van der Waals surface area contributed by atoms with Crippen LogP contribution in [0.3, 0.4) is 0 Å². The Balaban J connectivity index is 2.94. The van der Waals surface area contributed by atoms with Crippen molar-refractivity contribution in [3.05, 3.63) is 10.5 Å². The van der Waals surface area contributed by atoms with Crippen LogP contribution in [0.1, 0.15) is 5.69 Å². The number of imidazole rings is 1. The van der Waals surface area contributed by atoms with Gasteiger partial charge in [-0.3, -0.25) is 0 Å². The zero-order chi connectivity index (χ0) is 10.5. The van der Waals surface area contributed by atoms with Crippen LogP contribution in [0.15, 0.2) is 0 Å². The minimum Gasteiger partial charge on any atom is -0.326 e. The Hall–Kier alpha value is -1.30. The molecule has 2 heterocycles. The molecule has 0 aliphatic carbocycles. The zero-order valence-corrected chi connectivity index (χ0v) is 9.51. The van der Waals surface area contributed by atoms with Gasteiger partial charge in [-0.05, 0) is 19.1 Å². The third-order valence-corrected chi connectivity index (χ3v) is 2.49. The van der Waals surface area contributed by atoms with Crippen LogP contribution >= 0.6 is 12.2 Å². The van der Waals surface area contributed by atoms with Gasteiger partial charge in [-0.25, -0.2) is 9.36 Å². The highest BCUT2D eigenvalue weighted by atomic mass is 32.1. The quantitative estimate of drug-likeness (QED) is 0.714. The van der Waals surface area contributed by atoms with Crippen molar-refractivity contribution in [2.24, 2.45) is 7.05 Å². The van der Waals surface area contributed by atoms with Crippen LogP contribution in [0.25, 0.3) is 11.2 Å². The summed E-state index contributed by atoms with van der Waals surface area (Å²) in [7, 11) is 5.81. The first-order valence-corrected chi connectivity index (χ1v) is 4.75. The Kier molecular flexibility index (Phi) is 1.88. The number of hydrogen-bond donors (Lipinski definition) is 1. The molecule has 0 radical (unpaired) electrons. The number of aromatic amines is 1. The summed E-state index contributed by atoms with van der Waals surface area (Å²) in [4.78, 5) is 3.15. The molecular formula is C8H13N5S. The van der Waals surface area contributed by atoms with E-state index in [-0.39, 0.29) is 0 Å². The van der Waals surface area contributed by atoms with Crippen molar-refractivity contribution in [2.45, 2.75) is 6.92 Å². The molecule has 1 N–H and O–H groups in total. The Morgan fingerprint density at radius 2 is 2.07 bits per heavy atom. The van der Waals surface area contributed by atoms with Crippen molar-refractivity contribution in [2.75, 3.05) is 19.1 Å². The fraction of sp³-hybridized carbons (Fsp3) is 0.500. The number of H-pyrrole nitrogens is 1. The Morgan fingerprint density at radius 3 is 2.64 bits per heavy atom. The highest BCUT2D eigenvalue weighted by molar-refractivity contribution is 7.71. The molecule has 0 spiro atoms. The van der Waals surface area contributed by atoms with E-state index in [1.807, 2.05) is 42.4 Å². The Morgan fingerprint density at radius 1 is 1.43 bits per heavy atom. The summed E-state index contributed by atoms with van der Waals surface area (Å²) in [6.07, 6.45) is 0. The lowest BCUT2D eigenvalue weighted by Crippen LogP contribution is -2.25. The molecule has 2 aromatic rings. The van der Waals surface area contributed by atoms with Crippen LogP contribution in [-0.2, 0) is 7.05 Å². The maximum Gasteiger partial charge on any atom is 0.198 e. The Labute approximate surface area is 86.9 Å². The van der Waals surface area contributed by atoms with Gasteiger partial charge in [0.05, 0.1) is 5.69 Å². The maximum absolute atomic E-state index is 5.23. The van der Waals surface area contributed by atoms with E-state index in [4.69, 9.17) is 12.2 Å². The number of fused-ring (bicyclic) bond motifs is 1. The summed E-state index contributed by atoms with van der Waals surface area (Å²) in [5, 5.41) is 6.26. The summed E-state index contributed by atoms with van der Waals surface area (Å²) >= 11 is 5.23. The van der Waals surface area contributed by atoms with E-state index in [1.165, 1.54) is 0 Å². The second-order valence-corrected chi connectivity index (χ2v) is 3.88. The molecule has 0 saturated carbocycles. The molecule has 2 aromatic heterocycles. The number of nitrogens with one attached hydrogen (secondary N) is 1. The second kappa shape index (κ2) is 2.84. The van der Waals surface area contributed by atoms with Crippen molar-refractivity contribution in [1.29, 1.82) is 0 Å². The van der Waals surface area contributed by atoms with E-state index in [1.54, 1.807) is 0 Å². The summed E-state index contributed by atoms with van der Waals surface area (Å²) in [5.74, 6) is 0. The van der Waals surface area contributed by atoms with Gasteiger partial charge < -0.3 is 9.99 Å². The van der Waals surface area contributed by atoms with Crippen molar-refractivity contribution in [3.8, 4) is 0 Å². The van der Waals surface area contributed by atoms with E-state index in [9.17, 15) is 0 Å². The molecule has 0 aliphatic heterocycles. The molecule has 14 heavy (non-hydrogen) atoms. The minimum absolute atomic E-state index is 0.695. The van der Waals surface area contributed by atoms with Crippen LogP contribution in [0.4, 0.5) is 0 Å². The number of hydrogen-bond acceptors (Lipinski definition) is 3. The average Bonchev–Trinajstić information content (AvgIpc) is 2.52. The van der Waals surface area contributed by atoms with Crippen LogP contribution in [0.5, 0.6) is 0 Å². The van der Waals surface area contributed by atoms with E-state index in [0.717, 1.165) is 16.9 Å². The highest BCUT2D eigenvalue weighted by Gasteiger charge is 2.13. The van der Waals surface area contributed by atoms with E-state index in [2.05, 4.69) is 10.1 Å². The predicted octanol–water partition coefficient (Wildman–Crippen LogP) is 0.938. The first kappa shape index (κ1) is 9.26. The minimum atomic E-state index is 0.695. The Bertz CT molecular complexity index is 530. The van der Waals surface area contributed by atoms with Gasteiger partial charge in [-0.15, -0.1) is 0 Å². The molecule has 5 nitrogen and oxygen atoms in total. The van der Waals surface area contributed by atoms with Gasteiger partial charge in [0.15, 0.2) is 10.4 Å². The van der Waals surface area contributed by atoms with Crippen LogP contribution in [0.2, 0.25) is 0 Å². The normalized spacial score (nSPS) is 11.1. The third kappa shape index (κ3) is 1.07. The average molecular weight is 211 g/mol. The number of nitrogens with zero attached hydrogens (tertiary/aromatic N) is 4. The highest BCUT2D eigenvalue weighted by Crippen LogP contribution is 2.16. The van der Waals surface area contributed by atoms with Gasteiger partial charge in [-0.1, -0.05) is 0 Å². The number of rotatable bonds is 1. The molecule has 0 aromatic carbocycles.